The normalized spacial score (nSPS) is 13.2. The molecule has 6 nitrogen and oxygen atoms in total. The van der Waals surface area contributed by atoms with E-state index in [4.69, 9.17) is 5.73 Å². The largest absolute Gasteiger partial charge is 0.378 e. The molecular weight excluding hydrogens is 220 g/mol. The zero-order valence-corrected chi connectivity index (χ0v) is 10.5. The summed E-state index contributed by atoms with van der Waals surface area (Å²) in [6.45, 7) is 8.32. The number of nitrogen functional groups attached to an aromatic ring is 1. The van der Waals surface area contributed by atoms with Gasteiger partial charge in [0.05, 0.1) is 4.92 Å². The average Bonchev–Trinajstić information content (AvgIpc) is 2.15. The predicted molar refractivity (Wildman–Crippen MR) is 67.8 cm³/mol. The number of nitrogens with two attached hydrogens (primary N) is 1. The molecule has 1 aromatic heterocycles. The van der Waals surface area contributed by atoms with Gasteiger partial charge in [-0.25, -0.2) is 4.98 Å². The van der Waals surface area contributed by atoms with Crippen LogP contribution >= 0.6 is 0 Å². The Balaban J connectivity index is 2.88. The third kappa shape index (κ3) is 3.30. The first-order valence-corrected chi connectivity index (χ1v) is 5.39. The van der Waals surface area contributed by atoms with Crippen molar-refractivity contribution >= 4 is 17.3 Å². The Morgan fingerprint density at radius 1 is 1.47 bits per heavy atom. The van der Waals surface area contributed by atoms with Crippen molar-refractivity contribution < 1.29 is 4.92 Å². The molecule has 0 aliphatic heterocycles. The lowest BCUT2D eigenvalue weighted by atomic mass is 9.88. The lowest BCUT2D eigenvalue weighted by Crippen LogP contribution is -2.31. The molecule has 0 aromatic carbocycles. The van der Waals surface area contributed by atoms with Crippen LogP contribution in [0.5, 0.6) is 0 Å². The summed E-state index contributed by atoms with van der Waals surface area (Å²) in [6, 6.07) is 3.10. The summed E-state index contributed by atoms with van der Waals surface area (Å²) in [5, 5.41) is 13.8. The standard InChI is InChI=1S/C11H18N4O2/c1-7(11(2,3)4)13-9-6-5-8(15(16)17)10(12)14-9/h5-7H,1-4H3,(H3,12,13,14). The summed E-state index contributed by atoms with van der Waals surface area (Å²) in [7, 11) is 0. The zero-order valence-electron chi connectivity index (χ0n) is 10.5. The number of anilines is 2. The molecule has 0 aliphatic carbocycles. The molecular formula is C11H18N4O2. The Morgan fingerprint density at radius 2 is 2.06 bits per heavy atom. The number of nitrogens with zero attached hydrogens (tertiary/aromatic N) is 2. The highest BCUT2D eigenvalue weighted by atomic mass is 16.6. The molecule has 1 aromatic rings. The van der Waals surface area contributed by atoms with Crippen LogP contribution in [0.25, 0.3) is 0 Å². The van der Waals surface area contributed by atoms with Crippen LogP contribution in [-0.4, -0.2) is 15.9 Å². The molecule has 0 amide bonds. The summed E-state index contributed by atoms with van der Waals surface area (Å²) in [6.07, 6.45) is 0. The van der Waals surface area contributed by atoms with Gasteiger partial charge in [-0.1, -0.05) is 20.8 Å². The van der Waals surface area contributed by atoms with Crippen LogP contribution in [-0.2, 0) is 0 Å². The predicted octanol–water partition coefficient (Wildman–Crippen LogP) is 2.42. The van der Waals surface area contributed by atoms with Gasteiger partial charge >= 0.3 is 5.69 Å². The number of hydrogen-bond donors (Lipinski definition) is 2. The number of rotatable bonds is 3. The number of nitrogens with one attached hydrogen (secondary N) is 1. The lowest BCUT2D eigenvalue weighted by Gasteiger charge is -2.28. The van der Waals surface area contributed by atoms with E-state index >= 15 is 0 Å². The molecule has 0 fully saturated rings. The SMILES string of the molecule is CC(Nc1ccc([N+](=O)[O-])c(N)n1)C(C)(C)C. The fourth-order valence-electron chi connectivity index (χ4n) is 1.14. The quantitative estimate of drug-likeness (QED) is 0.623. The maximum atomic E-state index is 10.6. The third-order valence-corrected chi connectivity index (χ3v) is 2.76. The lowest BCUT2D eigenvalue weighted by molar-refractivity contribution is -0.384. The topological polar surface area (TPSA) is 94.1 Å². The first-order valence-electron chi connectivity index (χ1n) is 5.39. The van der Waals surface area contributed by atoms with Crippen molar-refractivity contribution in [3.63, 3.8) is 0 Å². The minimum absolute atomic E-state index is 0.0677. The summed E-state index contributed by atoms with van der Waals surface area (Å²) >= 11 is 0. The van der Waals surface area contributed by atoms with Gasteiger partial charge in [-0.05, 0) is 18.4 Å². The smallest absolute Gasteiger partial charge is 0.311 e. The monoisotopic (exact) mass is 238 g/mol. The Hall–Kier alpha value is -1.85. The molecule has 17 heavy (non-hydrogen) atoms. The minimum atomic E-state index is -0.542. The van der Waals surface area contributed by atoms with Gasteiger partial charge in [-0.15, -0.1) is 0 Å². The molecule has 0 radical (unpaired) electrons. The van der Waals surface area contributed by atoms with E-state index < -0.39 is 4.92 Å². The van der Waals surface area contributed by atoms with E-state index in [1.165, 1.54) is 6.07 Å². The van der Waals surface area contributed by atoms with E-state index in [9.17, 15) is 10.1 Å². The van der Waals surface area contributed by atoms with E-state index in [1.54, 1.807) is 6.07 Å². The maximum Gasteiger partial charge on any atom is 0.311 e. The Morgan fingerprint density at radius 3 is 2.47 bits per heavy atom. The van der Waals surface area contributed by atoms with Crippen molar-refractivity contribution in [2.75, 3.05) is 11.1 Å². The van der Waals surface area contributed by atoms with Gasteiger partial charge in [0.25, 0.3) is 0 Å². The second-order valence-electron chi connectivity index (χ2n) is 5.09. The van der Waals surface area contributed by atoms with Gasteiger partial charge < -0.3 is 11.1 Å². The van der Waals surface area contributed by atoms with E-state index in [1.807, 2.05) is 6.92 Å². The molecule has 0 spiro atoms. The van der Waals surface area contributed by atoms with E-state index in [2.05, 4.69) is 31.1 Å². The molecule has 0 saturated heterocycles. The van der Waals surface area contributed by atoms with Crippen LogP contribution in [0.1, 0.15) is 27.7 Å². The van der Waals surface area contributed by atoms with Gasteiger partial charge in [0.15, 0.2) is 0 Å². The van der Waals surface area contributed by atoms with Crippen LogP contribution in [0.15, 0.2) is 12.1 Å². The number of nitro groups is 1. The Labute approximate surface area is 100 Å². The van der Waals surface area contributed by atoms with Crippen molar-refractivity contribution in [1.82, 2.24) is 4.98 Å². The van der Waals surface area contributed by atoms with Crippen molar-refractivity contribution in [2.45, 2.75) is 33.7 Å². The summed E-state index contributed by atoms with van der Waals surface area (Å²) < 4.78 is 0. The first-order chi connectivity index (χ1) is 7.71. The second-order valence-corrected chi connectivity index (χ2v) is 5.09. The Bertz CT molecular complexity index is 426. The zero-order chi connectivity index (χ0) is 13.2. The molecule has 6 heteroatoms. The van der Waals surface area contributed by atoms with E-state index in [-0.39, 0.29) is 23.0 Å². The van der Waals surface area contributed by atoms with Gasteiger partial charge in [-0.2, -0.15) is 0 Å². The first kappa shape index (κ1) is 13.2. The fraction of sp³-hybridized carbons (Fsp3) is 0.545. The summed E-state index contributed by atoms with van der Waals surface area (Å²) in [5.41, 5.74) is 5.41. The number of aromatic nitrogens is 1. The summed E-state index contributed by atoms with van der Waals surface area (Å²) in [5.74, 6) is 0.483. The second kappa shape index (κ2) is 4.57. The van der Waals surface area contributed by atoms with Crippen LogP contribution in [0.3, 0.4) is 0 Å². The van der Waals surface area contributed by atoms with Gasteiger partial charge in [0, 0.05) is 12.1 Å². The molecule has 1 atom stereocenters. The Kier molecular flexibility index (Phi) is 3.55. The number of hydrogen-bond acceptors (Lipinski definition) is 5. The van der Waals surface area contributed by atoms with Crippen LogP contribution in [0.4, 0.5) is 17.3 Å². The maximum absolute atomic E-state index is 10.6. The van der Waals surface area contributed by atoms with Crippen molar-refractivity contribution in [2.24, 2.45) is 5.41 Å². The van der Waals surface area contributed by atoms with E-state index in [0.717, 1.165) is 0 Å². The van der Waals surface area contributed by atoms with E-state index in [0.29, 0.717) is 5.82 Å². The molecule has 0 aliphatic rings. The number of pyridine rings is 1. The average molecular weight is 238 g/mol. The summed E-state index contributed by atoms with van der Waals surface area (Å²) in [4.78, 5) is 14.0. The molecule has 0 saturated carbocycles. The molecule has 1 unspecified atom stereocenters. The van der Waals surface area contributed by atoms with Crippen molar-refractivity contribution in [1.29, 1.82) is 0 Å². The highest BCUT2D eigenvalue weighted by Crippen LogP contribution is 2.25. The molecule has 1 rings (SSSR count). The minimum Gasteiger partial charge on any atom is -0.378 e. The highest BCUT2D eigenvalue weighted by molar-refractivity contribution is 5.57. The highest BCUT2D eigenvalue weighted by Gasteiger charge is 2.21. The molecule has 0 bridgehead atoms. The van der Waals surface area contributed by atoms with Crippen LogP contribution < -0.4 is 11.1 Å². The molecule has 3 N–H and O–H groups in total. The van der Waals surface area contributed by atoms with Crippen molar-refractivity contribution in [3.8, 4) is 0 Å². The van der Waals surface area contributed by atoms with Crippen LogP contribution in [0.2, 0.25) is 0 Å². The van der Waals surface area contributed by atoms with Gasteiger partial charge in [-0.3, -0.25) is 10.1 Å². The molecule has 1 heterocycles. The third-order valence-electron chi connectivity index (χ3n) is 2.76. The van der Waals surface area contributed by atoms with Gasteiger partial charge in [0.2, 0.25) is 5.82 Å². The van der Waals surface area contributed by atoms with Gasteiger partial charge in [0.1, 0.15) is 5.82 Å². The van der Waals surface area contributed by atoms with Crippen molar-refractivity contribution in [3.05, 3.63) is 22.2 Å². The van der Waals surface area contributed by atoms with Crippen LogP contribution in [0, 0.1) is 15.5 Å². The fourth-order valence-corrected chi connectivity index (χ4v) is 1.14. The molecule has 94 valence electrons.